The predicted molar refractivity (Wildman–Crippen MR) is 80.2 cm³/mol. The lowest BCUT2D eigenvalue weighted by Gasteiger charge is -2.02. The monoisotopic (exact) mass is 234 g/mol. The van der Waals surface area contributed by atoms with Gasteiger partial charge in [-0.15, -0.1) is 0 Å². The van der Waals surface area contributed by atoms with E-state index in [1.54, 1.807) is 0 Å². The van der Waals surface area contributed by atoms with Crippen molar-refractivity contribution < 1.29 is 0 Å². The van der Waals surface area contributed by atoms with Crippen LogP contribution in [0.5, 0.6) is 0 Å². The Hall–Kier alpha value is -2.08. The smallest absolute Gasteiger partial charge is 0.0225 e. The van der Waals surface area contributed by atoms with E-state index in [2.05, 4.69) is 79.7 Å². The topological polar surface area (TPSA) is 0 Å². The van der Waals surface area contributed by atoms with E-state index in [-0.39, 0.29) is 0 Å². The van der Waals surface area contributed by atoms with Gasteiger partial charge in [-0.3, -0.25) is 0 Å². The van der Waals surface area contributed by atoms with Crippen LogP contribution in [0.4, 0.5) is 0 Å². The van der Waals surface area contributed by atoms with Crippen molar-refractivity contribution in [2.24, 2.45) is 0 Å². The molecule has 0 saturated carbocycles. The third kappa shape index (κ3) is 3.46. The van der Waals surface area contributed by atoms with Crippen LogP contribution in [-0.2, 0) is 0 Å². The van der Waals surface area contributed by atoms with E-state index in [0.717, 1.165) is 6.42 Å². The van der Waals surface area contributed by atoms with Gasteiger partial charge in [-0.25, -0.2) is 0 Å². The van der Waals surface area contributed by atoms with Gasteiger partial charge in [0.05, 0.1) is 0 Å². The summed E-state index contributed by atoms with van der Waals surface area (Å²) in [5.74, 6) is 0. The minimum absolute atomic E-state index is 1.04. The molecule has 0 amide bonds. The fourth-order valence-electron chi connectivity index (χ4n) is 1.91. The van der Waals surface area contributed by atoms with E-state index in [1.165, 1.54) is 16.7 Å². The zero-order chi connectivity index (χ0) is 12.6. The molecule has 0 radical (unpaired) electrons. The van der Waals surface area contributed by atoms with Gasteiger partial charge in [0.25, 0.3) is 0 Å². The lowest BCUT2D eigenvalue weighted by molar-refractivity contribution is 1.24. The zero-order valence-electron chi connectivity index (χ0n) is 10.7. The molecule has 0 N–H and O–H groups in total. The highest BCUT2D eigenvalue weighted by Gasteiger charge is 1.95. The number of hydrogen-bond acceptors (Lipinski definition) is 0. The highest BCUT2D eigenvalue weighted by molar-refractivity contribution is 5.68. The fourth-order valence-corrected chi connectivity index (χ4v) is 1.91. The maximum absolute atomic E-state index is 2.20. The van der Waals surface area contributed by atoms with Crippen molar-refractivity contribution >= 4 is 11.6 Å². The Morgan fingerprint density at radius 2 is 1.50 bits per heavy atom. The summed E-state index contributed by atoms with van der Waals surface area (Å²) < 4.78 is 0. The predicted octanol–water partition coefficient (Wildman–Crippen LogP) is 5.19. The molecule has 0 heteroatoms. The van der Waals surface area contributed by atoms with Crippen LogP contribution in [0.2, 0.25) is 0 Å². The number of hydrogen-bond donors (Lipinski definition) is 0. The molecule has 2 aromatic carbocycles. The maximum atomic E-state index is 2.20. The van der Waals surface area contributed by atoms with Crippen molar-refractivity contribution in [1.82, 2.24) is 0 Å². The van der Waals surface area contributed by atoms with E-state index in [1.807, 2.05) is 6.07 Å². The molecule has 0 bridgehead atoms. The summed E-state index contributed by atoms with van der Waals surface area (Å²) in [6.07, 6.45) is 7.51. The zero-order valence-corrected chi connectivity index (χ0v) is 10.7. The molecule has 0 aliphatic rings. The second-order valence-corrected chi connectivity index (χ2v) is 4.18. The molecule has 0 aliphatic carbocycles. The molecule has 0 spiro atoms. The van der Waals surface area contributed by atoms with Gasteiger partial charge in [0.2, 0.25) is 0 Å². The maximum Gasteiger partial charge on any atom is -0.0225 e. The molecule has 0 atom stereocenters. The van der Waals surface area contributed by atoms with E-state index in [0.29, 0.717) is 0 Å². The molecule has 2 rings (SSSR count). The summed E-state index contributed by atoms with van der Waals surface area (Å²) in [6.45, 7) is 2.19. The van der Waals surface area contributed by atoms with Crippen molar-refractivity contribution in [3.8, 4) is 0 Å². The van der Waals surface area contributed by atoms with Crippen LogP contribution in [0.25, 0.3) is 11.6 Å². The molecule has 0 aliphatic heterocycles. The Kier molecular flexibility index (Phi) is 4.54. The first-order chi connectivity index (χ1) is 8.90. The summed E-state index contributed by atoms with van der Waals surface area (Å²) >= 11 is 0. The van der Waals surface area contributed by atoms with Gasteiger partial charge in [0.1, 0.15) is 0 Å². The molecule has 0 unspecified atom stereocenters. The molecule has 0 nitrogen and oxygen atoms in total. The van der Waals surface area contributed by atoms with Gasteiger partial charge in [0, 0.05) is 0 Å². The SMILES string of the molecule is CC/C(=C/C=C/c1ccccc1)c1ccccc1. The van der Waals surface area contributed by atoms with Crippen molar-refractivity contribution in [3.05, 3.63) is 83.9 Å². The van der Waals surface area contributed by atoms with Gasteiger partial charge in [-0.1, -0.05) is 85.8 Å². The van der Waals surface area contributed by atoms with Crippen LogP contribution in [0.1, 0.15) is 24.5 Å². The summed E-state index contributed by atoms with van der Waals surface area (Å²) in [7, 11) is 0. The minimum atomic E-state index is 1.04. The van der Waals surface area contributed by atoms with E-state index in [9.17, 15) is 0 Å². The first-order valence-corrected chi connectivity index (χ1v) is 6.38. The van der Waals surface area contributed by atoms with Gasteiger partial charge in [0.15, 0.2) is 0 Å². The van der Waals surface area contributed by atoms with Crippen LogP contribution in [-0.4, -0.2) is 0 Å². The number of rotatable bonds is 4. The van der Waals surface area contributed by atoms with Crippen LogP contribution in [0.15, 0.2) is 72.8 Å². The lowest BCUT2D eigenvalue weighted by Crippen LogP contribution is -1.80. The summed E-state index contributed by atoms with van der Waals surface area (Å²) in [4.78, 5) is 0. The molecule has 18 heavy (non-hydrogen) atoms. The van der Waals surface area contributed by atoms with Crippen LogP contribution >= 0.6 is 0 Å². The lowest BCUT2D eigenvalue weighted by atomic mass is 10.0. The normalized spacial score (nSPS) is 11.9. The molecule has 2 aromatic rings. The van der Waals surface area contributed by atoms with Gasteiger partial charge in [-0.05, 0) is 23.1 Å². The highest BCUT2D eigenvalue weighted by Crippen LogP contribution is 2.17. The Labute approximate surface area is 109 Å². The fraction of sp³-hybridized carbons (Fsp3) is 0.111. The third-order valence-corrected chi connectivity index (χ3v) is 2.91. The summed E-state index contributed by atoms with van der Waals surface area (Å²) in [5, 5.41) is 0. The van der Waals surface area contributed by atoms with Crippen molar-refractivity contribution in [2.45, 2.75) is 13.3 Å². The van der Waals surface area contributed by atoms with E-state index in [4.69, 9.17) is 0 Å². The summed E-state index contributed by atoms with van der Waals surface area (Å²) in [6, 6.07) is 20.9. The molecule has 0 saturated heterocycles. The highest BCUT2D eigenvalue weighted by atomic mass is 14.0. The Morgan fingerprint density at radius 1 is 0.889 bits per heavy atom. The van der Waals surface area contributed by atoms with E-state index >= 15 is 0 Å². The Morgan fingerprint density at radius 3 is 2.11 bits per heavy atom. The van der Waals surface area contributed by atoms with E-state index < -0.39 is 0 Å². The molecule has 0 fully saturated rings. The van der Waals surface area contributed by atoms with Crippen molar-refractivity contribution in [3.63, 3.8) is 0 Å². The first-order valence-electron chi connectivity index (χ1n) is 6.38. The third-order valence-electron chi connectivity index (χ3n) is 2.91. The average molecular weight is 234 g/mol. The summed E-state index contributed by atoms with van der Waals surface area (Å²) in [5.41, 5.74) is 3.90. The van der Waals surface area contributed by atoms with Crippen molar-refractivity contribution in [2.75, 3.05) is 0 Å². The number of allylic oxidation sites excluding steroid dienone is 3. The van der Waals surface area contributed by atoms with Crippen LogP contribution < -0.4 is 0 Å². The molecular weight excluding hydrogens is 216 g/mol. The molecule has 90 valence electrons. The Bertz CT molecular complexity index is 518. The molecule has 0 heterocycles. The quantitative estimate of drug-likeness (QED) is 0.638. The largest absolute Gasteiger partial charge is 0.0622 e. The van der Waals surface area contributed by atoms with Crippen LogP contribution in [0, 0.1) is 0 Å². The van der Waals surface area contributed by atoms with Crippen LogP contribution in [0.3, 0.4) is 0 Å². The van der Waals surface area contributed by atoms with Crippen molar-refractivity contribution in [1.29, 1.82) is 0 Å². The van der Waals surface area contributed by atoms with Gasteiger partial charge < -0.3 is 0 Å². The average Bonchev–Trinajstić information content (AvgIpc) is 2.46. The number of benzene rings is 2. The molecular formula is C18H18. The molecule has 0 aromatic heterocycles. The van der Waals surface area contributed by atoms with Gasteiger partial charge in [-0.2, -0.15) is 0 Å². The second kappa shape index (κ2) is 6.61. The van der Waals surface area contributed by atoms with Gasteiger partial charge >= 0.3 is 0 Å². The standard InChI is InChI=1S/C18H18/c1-2-17(18-13-7-4-8-14-18)15-9-12-16-10-5-3-6-11-16/h3-15H,2H2,1H3/b12-9+,17-15-. The minimum Gasteiger partial charge on any atom is -0.0622 e. The second-order valence-electron chi connectivity index (χ2n) is 4.18. The first kappa shape index (κ1) is 12.4. The Balaban J connectivity index is 2.14.